The lowest BCUT2D eigenvalue weighted by molar-refractivity contribution is -0.122. The van der Waals surface area contributed by atoms with Crippen molar-refractivity contribution in [3.63, 3.8) is 0 Å². The first-order valence-corrected chi connectivity index (χ1v) is 11.5. The van der Waals surface area contributed by atoms with Gasteiger partial charge in [0.2, 0.25) is 11.8 Å². The Morgan fingerprint density at radius 3 is 2.84 bits per heavy atom. The zero-order chi connectivity index (χ0) is 21.6. The van der Waals surface area contributed by atoms with E-state index in [0.717, 1.165) is 55.0 Å². The van der Waals surface area contributed by atoms with Crippen LogP contribution < -0.4 is 16.0 Å². The number of piperidine rings is 1. The normalized spacial score (nSPS) is 16.4. The van der Waals surface area contributed by atoms with Crippen molar-refractivity contribution in [1.29, 1.82) is 0 Å². The number of hydrogen-bond donors (Lipinski definition) is 2. The third-order valence-electron chi connectivity index (χ3n) is 5.56. The van der Waals surface area contributed by atoms with E-state index >= 15 is 0 Å². The lowest BCUT2D eigenvalue weighted by Gasteiger charge is -2.32. The Bertz CT molecular complexity index is 1020. The number of unbranched alkanes of at least 4 members (excludes halogenated alkanes) is 1. The maximum absolute atomic E-state index is 12.3. The SMILES string of the molecule is NC(=O)C1CCCN(c2ccc(NC(=O)CCCCc3nc4ccccc4s3)cn2)C1. The van der Waals surface area contributed by atoms with Crippen molar-refractivity contribution in [1.82, 2.24) is 9.97 Å². The largest absolute Gasteiger partial charge is 0.369 e. The number of rotatable bonds is 8. The van der Waals surface area contributed by atoms with Gasteiger partial charge in [0.05, 0.1) is 33.0 Å². The van der Waals surface area contributed by atoms with E-state index < -0.39 is 0 Å². The Balaban J connectivity index is 1.21. The number of carbonyl (C=O) groups is 2. The Labute approximate surface area is 185 Å². The average Bonchev–Trinajstić information content (AvgIpc) is 3.20. The number of pyridine rings is 1. The number of carbonyl (C=O) groups excluding carboxylic acids is 2. The molecule has 7 nitrogen and oxygen atoms in total. The maximum atomic E-state index is 12.3. The molecule has 4 rings (SSSR count). The van der Waals surface area contributed by atoms with Crippen LogP contribution in [0.4, 0.5) is 11.5 Å². The van der Waals surface area contributed by atoms with Crippen LogP contribution in [0.25, 0.3) is 10.2 Å². The van der Waals surface area contributed by atoms with Gasteiger partial charge >= 0.3 is 0 Å². The van der Waals surface area contributed by atoms with E-state index in [1.807, 2.05) is 30.3 Å². The van der Waals surface area contributed by atoms with Crippen LogP contribution in [0.15, 0.2) is 42.6 Å². The van der Waals surface area contributed by atoms with Gasteiger partial charge in [-0.1, -0.05) is 12.1 Å². The monoisotopic (exact) mass is 437 g/mol. The molecule has 1 aliphatic heterocycles. The maximum Gasteiger partial charge on any atom is 0.224 e. The lowest BCUT2D eigenvalue weighted by atomic mass is 9.97. The van der Waals surface area contributed by atoms with Crippen molar-refractivity contribution in [2.24, 2.45) is 11.7 Å². The van der Waals surface area contributed by atoms with E-state index in [1.165, 1.54) is 4.70 Å². The summed E-state index contributed by atoms with van der Waals surface area (Å²) in [6.45, 7) is 1.46. The third-order valence-corrected chi connectivity index (χ3v) is 6.66. The van der Waals surface area contributed by atoms with Crippen molar-refractivity contribution in [3.05, 3.63) is 47.6 Å². The summed E-state index contributed by atoms with van der Waals surface area (Å²) in [6, 6.07) is 11.9. The molecule has 162 valence electrons. The molecule has 0 aliphatic carbocycles. The van der Waals surface area contributed by atoms with Gasteiger partial charge in [-0.05, 0) is 56.4 Å². The van der Waals surface area contributed by atoms with Gasteiger partial charge in [-0.2, -0.15) is 0 Å². The summed E-state index contributed by atoms with van der Waals surface area (Å²) in [5.41, 5.74) is 7.18. The van der Waals surface area contributed by atoms with Crippen LogP contribution in [0.1, 0.15) is 37.1 Å². The van der Waals surface area contributed by atoms with Crippen molar-refractivity contribution >= 4 is 44.9 Å². The Hall–Kier alpha value is -3.00. The number of fused-ring (bicyclic) bond motifs is 1. The topological polar surface area (TPSA) is 101 Å². The molecular formula is C23H27N5O2S. The summed E-state index contributed by atoms with van der Waals surface area (Å²) in [5.74, 6) is 0.416. The summed E-state index contributed by atoms with van der Waals surface area (Å²) < 4.78 is 1.21. The molecule has 1 saturated heterocycles. The van der Waals surface area contributed by atoms with Crippen molar-refractivity contribution < 1.29 is 9.59 Å². The number of hydrogen-bond acceptors (Lipinski definition) is 6. The number of nitrogens with one attached hydrogen (secondary N) is 1. The molecule has 1 fully saturated rings. The molecule has 3 aromatic rings. The van der Waals surface area contributed by atoms with Gasteiger partial charge in [0.1, 0.15) is 5.82 Å². The molecule has 1 unspecified atom stereocenters. The summed E-state index contributed by atoms with van der Waals surface area (Å²) in [7, 11) is 0. The third kappa shape index (κ3) is 5.58. The molecule has 31 heavy (non-hydrogen) atoms. The van der Waals surface area contributed by atoms with E-state index in [1.54, 1.807) is 17.5 Å². The highest BCUT2D eigenvalue weighted by Gasteiger charge is 2.24. The number of nitrogens with zero attached hydrogens (tertiary/aromatic N) is 3. The number of thiazole rings is 1. The molecule has 0 spiro atoms. The van der Waals surface area contributed by atoms with E-state index in [4.69, 9.17) is 5.73 Å². The predicted molar refractivity (Wildman–Crippen MR) is 124 cm³/mol. The van der Waals surface area contributed by atoms with Crippen molar-refractivity contribution in [2.45, 2.75) is 38.5 Å². The highest BCUT2D eigenvalue weighted by Crippen LogP contribution is 2.24. The number of primary amides is 1. The minimum absolute atomic E-state index is 0.00869. The van der Waals surface area contributed by atoms with Crippen LogP contribution in [-0.2, 0) is 16.0 Å². The molecule has 0 saturated carbocycles. The number of para-hydroxylation sites is 1. The Morgan fingerprint density at radius 1 is 1.19 bits per heavy atom. The molecule has 2 amide bonds. The van der Waals surface area contributed by atoms with Crippen molar-refractivity contribution in [2.75, 3.05) is 23.3 Å². The number of aromatic nitrogens is 2. The minimum atomic E-state index is -0.253. The minimum Gasteiger partial charge on any atom is -0.369 e. The van der Waals surface area contributed by atoms with E-state index in [-0.39, 0.29) is 17.7 Å². The first-order chi connectivity index (χ1) is 15.1. The van der Waals surface area contributed by atoms with E-state index in [9.17, 15) is 9.59 Å². The van der Waals surface area contributed by atoms with Crippen LogP contribution >= 0.6 is 11.3 Å². The highest BCUT2D eigenvalue weighted by atomic mass is 32.1. The Kier molecular flexibility index (Phi) is 6.76. The molecule has 2 aromatic heterocycles. The molecule has 0 radical (unpaired) electrons. The van der Waals surface area contributed by atoms with Gasteiger partial charge < -0.3 is 16.0 Å². The molecule has 0 bridgehead atoms. The van der Waals surface area contributed by atoms with Gasteiger partial charge in [0.25, 0.3) is 0 Å². The first kappa shape index (κ1) is 21.2. The quantitative estimate of drug-likeness (QED) is 0.523. The van der Waals surface area contributed by atoms with E-state index in [2.05, 4.69) is 26.3 Å². The number of amides is 2. The fraction of sp³-hybridized carbons (Fsp3) is 0.391. The average molecular weight is 438 g/mol. The smallest absolute Gasteiger partial charge is 0.224 e. The number of anilines is 2. The summed E-state index contributed by atoms with van der Waals surface area (Å²) in [5, 5.41) is 4.04. The molecule has 3 heterocycles. The summed E-state index contributed by atoms with van der Waals surface area (Å²) in [6.07, 6.45) is 6.53. The summed E-state index contributed by atoms with van der Waals surface area (Å²) in [4.78, 5) is 34.9. The highest BCUT2D eigenvalue weighted by molar-refractivity contribution is 7.18. The number of benzene rings is 1. The molecule has 1 aromatic carbocycles. The molecule has 3 N–H and O–H groups in total. The fourth-order valence-electron chi connectivity index (χ4n) is 3.88. The van der Waals surface area contributed by atoms with Gasteiger partial charge in [0.15, 0.2) is 0 Å². The second-order valence-corrected chi connectivity index (χ2v) is 9.04. The van der Waals surface area contributed by atoms with Crippen molar-refractivity contribution in [3.8, 4) is 0 Å². The van der Waals surface area contributed by atoms with Crippen LogP contribution in [0, 0.1) is 5.92 Å². The number of nitrogens with two attached hydrogens (primary N) is 1. The summed E-state index contributed by atoms with van der Waals surface area (Å²) >= 11 is 1.72. The zero-order valence-electron chi connectivity index (χ0n) is 17.4. The fourth-order valence-corrected chi connectivity index (χ4v) is 4.89. The molecular weight excluding hydrogens is 410 g/mol. The zero-order valence-corrected chi connectivity index (χ0v) is 18.2. The molecule has 1 aliphatic rings. The second-order valence-electron chi connectivity index (χ2n) is 7.92. The lowest BCUT2D eigenvalue weighted by Crippen LogP contribution is -2.41. The molecule has 8 heteroatoms. The Morgan fingerprint density at radius 2 is 2.06 bits per heavy atom. The number of aryl methyl sites for hydroxylation is 1. The first-order valence-electron chi connectivity index (χ1n) is 10.7. The van der Waals surface area contributed by atoms with Gasteiger partial charge in [0, 0.05) is 19.5 Å². The van der Waals surface area contributed by atoms with Gasteiger partial charge in [-0.3, -0.25) is 9.59 Å². The second kappa shape index (κ2) is 9.87. The van der Waals surface area contributed by atoms with Gasteiger partial charge in [-0.15, -0.1) is 11.3 Å². The van der Waals surface area contributed by atoms with Crippen LogP contribution in [0.5, 0.6) is 0 Å². The molecule has 1 atom stereocenters. The van der Waals surface area contributed by atoms with Crippen LogP contribution in [-0.4, -0.2) is 34.9 Å². The van der Waals surface area contributed by atoms with Crippen LogP contribution in [0.3, 0.4) is 0 Å². The van der Waals surface area contributed by atoms with Crippen LogP contribution in [0.2, 0.25) is 0 Å². The standard InChI is InChI=1S/C23H27N5O2S/c24-23(30)16-6-5-13-28(15-16)20-12-11-17(14-25-20)26-21(29)9-3-4-10-22-27-18-7-1-2-8-19(18)31-22/h1-2,7-8,11-12,14,16H,3-6,9-10,13,15H2,(H2,24,30)(H,26,29). The van der Waals surface area contributed by atoms with Gasteiger partial charge in [-0.25, -0.2) is 9.97 Å². The van der Waals surface area contributed by atoms with E-state index in [0.29, 0.717) is 18.7 Å². The predicted octanol–water partition coefficient (Wildman–Crippen LogP) is 3.74.